The van der Waals surface area contributed by atoms with Gasteiger partial charge in [0, 0.05) is 12.0 Å². The number of Topliss-reactive ketones (excluding diaryl/α,β-unsaturated/α-hetero) is 1. The van der Waals surface area contributed by atoms with Crippen LogP contribution in [-0.4, -0.2) is 18.9 Å². The Kier molecular flexibility index (Phi) is 3.97. The molecule has 1 aliphatic carbocycles. The first-order valence-corrected chi connectivity index (χ1v) is 7.67. The van der Waals surface area contributed by atoms with E-state index in [1.165, 1.54) is 37.7 Å². The second-order valence-electron chi connectivity index (χ2n) is 6.09. The molecule has 2 heteroatoms. The highest BCUT2D eigenvalue weighted by Gasteiger charge is 2.21. The van der Waals surface area contributed by atoms with Gasteiger partial charge in [0.1, 0.15) is 0 Å². The van der Waals surface area contributed by atoms with Crippen LogP contribution in [-0.2, 0) is 0 Å². The normalized spacial score (nSPS) is 23.9. The van der Waals surface area contributed by atoms with Crippen molar-refractivity contribution in [2.24, 2.45) is 5.92 Å². The van der Waals surface area contributed by atoms with Crippen LogP contribution >= 0.6 is 0 Å². The van der Waals surface area contributed by atoms with E-state index in [1.54, 1.807) is 0 Å². The van der Waals surface area contributed by atoms with Crippen molar-refractivity contribution < 1.29 is 4.79 Å². The van der Waals surface area contributed by atoms with Crippen molar-refractivity contribution in [2.75, 3.05) is 13.1 Å². The van der Waals surface area contributed by atoms with Crippen molar-refractivity contribution in [3.63, 3.8) is 0 Å². The highest BCUT2D eigenvalue weighted by molar-refractivity contribution is 5.96. The van der Waals surface area contributed by atoms with Crippen molar-refractivity contribution >= 4 is 5.78 Å². The molecule has 2 nitrogen and oxygen atoms in total. The van der Waals surface area contributed by atoms with Crippen LogP contribution in [0, 0.1) is 5.92 Å². The summed E-state index contributed by atoms with van der Waals surface area (Å²) < 4.78 is 0. The minimum absolute atomic E-state index is 0.329. The van der Waals surface area contributed by atoms with Gasteiger partial charge >= 0.3 is 0 Å². The summed E-state index contributed by atoms with van der Waals surface area (Å²) in [5.41, 5.74) is 2.30. The first kappa shape index (κ1) is 12.9. The predicted molar refractivity (Wildman–Crippen MR) is 77.6 cm³/mol. The van der Waals surface area contributed by atoms with Gasteiger partial charge in [-0.25, -0.2) is 0 Å². The Balaban J connectivity index is 1.65. The van der Waals surface area contributed by atoms with Gasteiger partial charge in [-0.1, -0.05) is 24.6 Å². The molecule has 2 fully saturated rings. The standard InChI is InChI=1S/C17H23NO/c19-17(10-13-4-3-9-18-12-13)16-8-2-7-15(11-16)14-5-1-6-14/h2,7-8,11,13-14,18H,1,3-6,9-10,12H2. The molecule has 1 saturated heterocycles. The third-order valence-corrected chi connectivity index (χ3v) is 4.66. The molecule has 102 valence electrons. The van der Waals surface area contributed by atoms with Gasteiger partial charge in [0.05, 0.1) is 0 Å². The first-order valence-electron chi connectivity index (χ1n) is 7.67. The van der Waals surface area contributed by atoms with Crippen LogP contribution < -0.4 is 5.32 Å². The van der Waals surface area contributed by atoms with Crippen molar-refractivity contribution in [3.8, 4) is 0 Å². The monoisotopic (exact) mass is 257 g/mol. The van der Waals surface area contributed by atoms with Crippen molar-refractivity contribution in [1.29, 1.82) is 0 Å². The fourth-order valence-electron chi connectivity index (χ4n) is 3.19. The maximum absolute atomic E-state index is 12.4. The second-order valence-corrected chi connectivity index (χ2v) is 6.09. The molecule has 0 radical (unpaired) electrons. The molecule has 1 aromatic carbocycles. The average molecular weight is 257 g/mol. The fourth-order valence-corrected chi connectivity index (χ4v) is 3.19. The van der Waals surface area contributed by atoms with Crippen molar-refractivity contribution in [2.45, 2.75) is 44.4 Å². The summed E-state index contributed by atoms with van der Waals surface area (Å²) in [4.78, 5) is 12.4. The van der Waals surface area contributed by atoms with Crippen LogP contribution in [0.25, 0.3) is 0 Å². The lowest BCUT2D eigenvalue weighted by molar-refractivity contribution is 0.0953. The molecule has 1 unspecified atom stereocenters. The number of piperidine rings is 1. The molecule has 19 heavy (non-hydrogen) atoms. The maximum Gasteiger partial charge on any atom is 0.163 e. The Morgan fingerprint density at radius 2 is 2.11 bits per heavy atom. The van der Waals surface area contributed by atoms with E-state index in [4.69, 9.17) is 0 Å². The minimum atomic E-state index is 0.329. The molecule has 0 bridgehead atoms. The molecule has 1 N–H and O–H groups in total. The summed E-state index contributed by atoms with van der Waals surface area (Å²) in [7, 11) is 0. The third-order valence-electron chi connectivity index (χ3n) is 4.66. The molecule has 0 aromatic heterocycles. The average Bonchev–Trinajstić information content (AvgIpc) is 2.38. The summed E-state index contributed by atoms with van der Waals surface area (Å²) in [6, 6.07) is 8.37. The summed E-state index contributed by atoms with van der Waals surface area (Å²) >= 11 is 0. The summed E-state index contributed by atoms with van der Waals surface area (Å²) in [5, 5.41) is 3.39. The zero-order valence-corrected chi connectivity index (χ0v) is 11.5. The Bertz CT molecular complexity index is 444. The molecule has 1 aromatic rings. The molecule has 1 heterocycles. The number of carbonyl (C=O) groups is 1. The van der Waals surface area contributed by atoms with Gasteiger partial charge in [0.15, 0.2) is 5.78 Å². The van der Waals surface area contributed by atoms with E-state index in [0.29, 0.717) is 24.0 Å². The predicted octanol–water partition coefficient (Wildman–Crippen LogP) is 3.53. The molecule has 0 amide bonds. The zero-order chi connectivity index (χ0) is 13.1. The van der Waals surface area contributed by atoms with Gasteiger partial charge in [-0.05, 0) is 62.2 Å². The van der Waals surface area contributed by atoms with E-state index >= 15 is 0 Å². The first-order chi connectivity index (χ1) is 9.33. The number of hydrogen-bond donors (Lipinski definition) is 1. The van der Waals surface area contributed by atoms with E-state index in [0.717, 1.165) is 18.7 Å². The lowest BCUT2D eigenvalue weighted by Crippen LogP contribution is -2.31. The zero-order valence-electron chi connectivity index (χ0n) is 11.5. The Labute approximate surface area is 115 Å². The quantitative estimate of drug-likeness (QED) is 0.836. The lowest BCUT2D eigenvalue weighted by Gasteiger charge is -2.26. The van der Waals surface area contributed by atoms with Gasteiger partial charge in [-0.2, -0.15) is 0 Å². The highest BCUT2D eigenvalue weighted by Crippen LogP contribution is 2.36. The van der Waals surface area contributed by atoms with Gasteiger partial charge in [0.25, 0.3) is 0 Å². The fraction of sp³-hybridized carbons (Fsp3) is 0.588. The van der Waals surface area contributed by atoms with E-state index in [-0.39, 0.29) is 0 Å². The molecule has 1 atom stereocenters. The minimum Gasteiger partial charge on any atom is -0.316 e. The molecule has 3 rings (SSSR count). The summed E-state index contributed by atoms with van der Waals surface area (Å²) in [6.07, 6.45) is 7.05. The van der Waals surface area contributed by atoms with Crippen molar-refractivity contribution in [3.05, 3.63) is 35.4 Å². The number of carbonyl (C=O) groups excluding carboxylic acids is 1. The van der Waals surface area contributed by atoms with Crippen LogP contribution in [0.15, 0.2) is 24.3 Å². The summed E-state index contributed by atoms with van der Waals surface area (Å²) in [5.74, 6) is 1.58. The smallest absolute Gasteiger partial charge is 0.163 e. The molecule has 2 aliphatic rings. The Morgan fingerprint density at radius 3 is 2.79 bits per heavy atom. The van der Waals surface area contributed by atoms with E-state index < -0.39 is 0 Å². The van der Waals surface area contributed by atoms with E-state index in [2.05, 4.69) is 23.5 Å². The van der Waals surface area contributed by atoms with E-state index in [1.807, 2.05) is 6.07 Å². The molecule has 0 spiro atoms. The number of benzene rings is 1. The SMILES string of the molecule is O=C(CC1CCCNC1)c1cccc(C2CCC2)c1. The largest absolute Gasteiger partial charge is 0.316 e. The number of ketones is 1. The molecular weight excluding hydrogens is 234 g/mol. The van der Waals surface area contributed by atoms with Crippen LogP contribution in [0.2, 0.25) is 0 Å². The highest BCUT2D eigenvalue weighted by atomic mass is 16.1. The molecule has 1 saturated carbocycles. The van der Waals surface area contributed by atoms with Crippen LogP contribution in [0.4, 0.5) is 0 Å². The number of nitrogens with one attached hydrogen (secondary N) is 1. The Hall–Kier alpha value is -1.15. The lowest BCUT2D eigenvalue weighted by atomic mass is 9.79. The van der Waals surface area contributed by atoms with Crippen molar-refractivity contribution in [1.82, 2.24) is 5.32 Å². The molecular formula is C17H23NO. The van der Waals surface area contributed by atoms with Gasteiger partial charge < -0.3 is 5.32 Å². The summed E-state index contributed by atoms with van der Waals surface area (Å²) in [6.45, 7) is 2.12. The van der Waals surface area contributed by atoms with Crippen LogP contribution in [0.3, 0.4) is 0 Å². The molecule has 1 aliphatic heterocycles. The van der Waals surface area contributed by atoms with Crippen LogP contribution in [0.1, 0.15) is 60.4 Å². The van der Waals surface area contributed by atoms with Crippen LogP contribution in [0.5, 0.6) is 0 Å². The second kappa shape index (κ2) is 5.87. The van der Waals surface area contributed by atoms with Gasteiger partial charge in [-0.15, -0.1) is 0 Å². The van der Waals surface area contributed by atoms with Gasteiger partial charge in [0.2, 0.25) is 0 Å². The number of rotatable bonds is 4. The number of hydrogen-bond acceptors (Lipinski definition) is 2. The van der Waals surface area contributed by atoms with Gasteiger partial charge in [-0.3, -0.25) is 4.79 Å². The Morgan fingerprint density at radius 1 is 1.21 bits per heavy atom. The maximum atomic E-state index is 12.4. The van der Waals surface area contributed by atoms with E-state index in [9.17, 15) is 4.79 Å². The third kappa shape index (κ3) is 3.06. The topological polar surface area (TPSA) is 29.1 Å².